The van der Waals surface area contributed by atoms with Gasteiger partial charge in [0.05, 0.1) is 30.4 Å². The van der Waals surface area contributed by atoms with Crippen LogP contribution in [0.4, 0.5) is 5.13 Å². The lowest BCUT2D eigenvalue weighted by molar-refractivity contribution is -0.937. The molecule has 3 saturated heterocycles. The van der Waals surface area contributed by atoms with Crippen LogP contribution in [-0.4, -0.2) is 135 Å². The van der Waals surface area contributed by atoms with Crippen molar-refractivity contribution in [3.8, 4) is 11.5 Å². The molecule has 52 heavy (non-hydrogen) atoms. The van der Waals surface area contributed by atoms with Crippen molar-refractivity contribution in [3.63, 3.8) is 0 Å². The highest BCUT2D eigenvalue weighted by molar-refractivity contribution is 8.00. The first-order valence-electron chi connectivity index (χ1n) is 16.8. The number of amides is 2. The van der Waals surface area contributed by atoms with Crippen LogP contribution in [0.1, 0.15) is 62.1 Å². The number of fused-ring (bicyclic) bond motifs is 1. The summed E-state index contributed by atoms with van der Waals surface area (Å²) in [6.07, 6.45) is 2.99. The van der Waals surface area contributed by atoms with Crippen LogP contribution in [-0.2, 0) is 24.0 Å². The van der Waals surface area contributed by atoms with E-state index in [4.69, 9.17) is 10.6 Å². The number of aliphatic carboxylic acids is 2. The second-order valence-corrected chi connectivity index (χ2v) is 15.9. The normalized spacial score (nSPS) is 22.2. The van der Waals surface area contributed by atoms with Gasteiger partial charge in [-0.25, -0.2) is 9.59 Å². The Morgan fingerprint density at radius 1 is 1.10 bits per heavy atom. The number of carboxylic acids is 2. The molecule has 0 saturated carbocycles. The lowest BCUT2D eigenvalue weighted by atomic mass is 9.89. The van der Waals surface area contributed by atoms with E-state index in [1.807, 2.05) is 0 Å². The number of Topliss-reactive ketones (excluding diaryl/α,β-unsaturated/α-hetero) is 1. The minimum Gasteiger partial charge on any atom is -0.504 e. The van der Waals surface area contributed by atoms with E-state index < -0.39 is 46.2 Å². The molecule has 0 bridgehead atoms. The van der Waals surface area contributed by atoms with Crippen LogP contribution in [0.3, 0.4) is 0 Å². The van der Waals surface area contributed by atoms with Crippen molar-refractivity contribution in [2.45, 2.75) is 63.0 Å². The minimum atomic E-state index is -1.78. The van der Waals surface area contributed by atoms with Gasteiger partial charge in [-0.3, -0.25) is 19.3 Å². The lowest BCUT2D eigenvalue weighted by Gasteiger charge is -2.51. The van der Waals surface area contributed by atoms with Gasteiger partial charge in [-0.2, -0.15) is 9.36 Å². The number of phenolic OH excluding ortho intramolecular Hbond substituents is 2. The number of carbonyl (C=O) groups excluding carboxylic acids is 3. The van der Waals surface area contributed by atoms with E-state index in [0.29, 0.717) is 48.3 Å². The Morgan fingerprint density at radius 2 is 1.79 bits per heavy atom. The summed E-state index contributed by atoms with van der Waals surface area (Å²) in [6.45, 7) is 5.61. The number of nitrogens with zero attached hydrogens (tertiary/aromatic N) is 6. The molecule has 6 N–H and O–H groups in total. The number of hydrogen-bond donors (Lipinski definition) is 5. The number of nitrogens with two attached hydrogens (primary N) is 1. The number of carboxylic acid groups (broad SMARTS) is 2. The molecule has 4 aliphatic heterocycles. The number of quaternary nitrogens is 1. The molecule has 0 radical (unpaired) electrons. The molecule has 1 aromatic heterocycles. The number of ketones is 1. The maximum absolute atomic E-state index is 13.6. The third kappa shape index (κ3) is 7.03. The zero-order chi connectivity index (χ0) is 37.5. The minimum absolute atomic E-state index is 0.0400. The number of rotatable bonds is 12. The monoisotopic (exact) mass is 758 g/mol. The number of oxime groups is 1. The van der Waals surface area contributed by atoms with Crippen LogP contribution in [0, 0.1) is 5.92 Å². The van der Waals surface area contributed by atoms with Crippen LogP contribution in [0.15, 0.2) is 34.6 Å². The maximum Gasteiger partial charge on any atom is 0.352 e. The predicted molar refractivity (Wildman–Crippen MR) is 187 cm³/mol. The highest BCUT2D eigenvalue weighted by Gasteiger charge is 2.55. The fourth-order valence-electron chi connectivity index (χ4n) is 7.44. The Morgan fingerprint density at radius 3 is 2.38 bits per heavy atom. The average Bonchev–Trinajstić information content (AvgIpc) is 3.77. The van der Waals surface area contributed by atoms with E-state index in [2.05, 4.69) is 14.5 Å². The van der Waals surface area contributed by atoms with Crippen LogP contribution in [0.5, 0.6) is 11.5 Å². The number of aromatic hydroxyl groups is 2. The first kappa shape index (κ1) is 37.0. The van der Waals surface area contributed by atoms with Crippen molar-refractivity contribution in [3.05, 3.63) is 40.9 Å². The summed E-state index contributed by atoms with van der Waals surface area (Å²) in [5.41, 5.74) is 4.41. The molecule has 278 valence electrons. The molecule has 5 heterocycles. The average molecular weight is 759 g/mol. The third-order valence-corrected chi connectivity index (χ3v) is 12.2. The van der Waals surface area contributed by atoms with E-state index in [9.17, 15) is 44.4 Å². The van der Waals surface area contributed by atoms with Gasteiger partial charge in [0.15, 0.2) is 28.1 Å². The Hall–Kier alpha value is -4.75. The molecular formula is C33H40N7O10S2+. The van der Waals surface area contributed by atoms with Gasteiger partial charge >= 0.3 is 11.9 Å². The molecule has 0 unspecified atom stereocenters. The number of piperidine rings is 1. The number of anilines is 1. The molecule has 2 aromatic rings. The fraction of sp³-hybridized carbons (Fsp3) is 0.515. The van der Waals surface area contributed by atoms with Gasteiger partial charge in [0, 0.05) is 73.6 Å². The van der Waals surface area contributed by atoms with Crippen molar-refractivity contribution in [2.24, 2.45) is 11.1 Å². The van der Waals surface area contributed by atoms with Crippen LogP contribution >= 0.6 is 23.3 Å². The first-order valence-corrected chi connectivity index (χ1v) is 18.6. The molecule has 2 amide bonds. The Labute approximate surface area is 306 Å². The number of thioether (sulfide) groups is 1. The molecule has 4 aliphatic rings. The molecule has 6 rings (SSSR count). The number of β-lactam (4-membered cyclic amide) rings is 1. The van der Waals surface area contributed by atoms with Gasteiger partial charge in [-0.15, -0.1) is 11.8 Å². The summed E-state index contributed by atoms with van der Waals surface area (Å²) in [4.78, 5) is 76.8. The number of likely N-dealkylation sites (tertiary alicyclic amines) is 2. The number of hydrogen-bond acceptors (Lipinski definition) is 14. The molecule has 19 heteroatoms. The Balaban J connectivity index is 1.16. The number of carbonyl (C=O) groups is 5. The molecular weight excluding hydrogens is 719 g/mol. The molecule has 0 spiro atoms. The van der Waals surface area contributed by atoms with Crippen molar-refractivity contribution < 1.29 is 53.7 Å². The quantitative estimate of drug-likeness (QED) is 0.0682. The highest BCUT2D eigenvalue weighted by Crippen LogP contribution is 2.46. The van der Waals surface area contributed by atoms with Crippen molar-refractivity contribution >= 4 is 63.7 Å². The first-order chi connectivity index (χ1) is 24.6. The number of nitrogen functional groups attached to an aromatic ring is 1. The van der Waals surface area contributed by atoms with Gasteiger partial charge in [0.1, 0.15) is 12.2 Å². The maximum atomic E-state index is 13.6. The van der Waals surface area contributed by atoms with Gasteiger partial charge in [0.2, 0.25) is 17.3 Å². The van der Waals surface area contributed by atoms with E-state index in [1.54, 1.807) is 4.90 Å². The third-order valence-electron chi connectivity index (χ3n) is 10.3. The van der Waals surface area contributed by atoms with Crippen molar-refractivity contribution in [1.82, 2.24) is 19.2 Å². The van der Waals surface area contributed by atoms with E-state index in [-0.39, 0.29) is 52.1 Å². The zero-order valence-corrected chi connectivity index (χ0v) is 30.2. The SMILES string of the molecule is CC(C)(O/N=C(\C(=O)C[C@@H]1C(=O)N2C(C(=O)O)=C(C[N+]3(C4CCN(C(=O)c5ccc(O)c(O)c5)CC4)CCCC3)CS[C@H]12)c1nsc(N)n1)C(=O)O. The largest absolute Gasteiger partial charge is 0.504 e. The second-order valence-electron chi connectivity index (χ2n) is 14.0. The zero-order valence-electron chi connectivity index (χ0n) is 28.6. The summed E-state index contributed by atoms with van der Waals surface area (Å²) in [7, 11) is 0. The van der Waals surface area contributed by atoms with Gasteiger partial charge in [-0.1, -0.05) is 5.16 Å². The van der Waals surface area contributed by atoms with Gasteiger partial charge in [0.25, 0.3) is 5.91 Å². The van der Waals surface area contributed by atoms with E-state index >= 15 is 0 Å². The van der Waals surface area contributed by atoms with Gasteiger partial charge in [-0.05, 0) is 32.0 Å². The molecule has 0 aliphatic carbocycles. The smallest absolute Gasteiger partial charge is 0.352 e. The number of phenols is 2. The summed E-state index contributed by atoms with van der Waals surface area (Å²) in [5, 5.41) is 42.6. The molecule has 3 fully saturated rings. The molecule has 17 nitrogen and oxygen atoms in total. The van der Waals surface area contributed by atoms with Crippen LogP contribution in [0.2, 0.25) is 0 Å². The standard InChI is InChI=1S/C33H39N7O10S2/c1-33(2,31(48)49)50-36-24(26-35-32(34)52-37-26)23(43)14-20-28(45)39-25(30(46)47)18(16-51-29(20)39)15-40(11-3-4-12-40)19-7-9-38(10-8-19)27(44)17-5-6-21(41)22(42)13-17/h5-6,13,19-20,29H,3-4,7-12,14-16H2,1-2H3,(H5-,34,35,36,37,41,42,43,44,46,47,48,49)/p+1/t20-,29-/m1/s1. The Bertz CT molecular complexity index is 1860. The number of aromatic nitrogens is 2. The lowest BCUT2D eigenvalue weighted by Crippen LogP contribution is -2.63. The molecule has 2 atom stereocenters. The topological polar surface area (TPSA) is 246 Å². The second kappa shape index (κ2) is 14.3. The van der Waals surface area contributed by atoms with Gasteiger partial charge < -0.3 is 40.4 Å². The summed E-state index contributed by atoms with van der Waals surface area (Å²) in [5.74, 6) is -5.33. The predicted octanol–water partition coefficient (Wildman–Crippen LogP) is 1.86. The Kier molecular flexibility index (Phi) is 10.2. The summed E-state index contributed by atoms with van der Waals surface area (Å²) < 4.78 is 4.67. The van der Waals surface area contributed by atoms with Crippen molar-refractivity contribution in [2.75, 3.05) is 44.2 Å². The molecule has 1 aromatic carbocycles. The van der Waals surface area contributed by atoms with Crippen LogP contribution < -0.4 is 5.73 Å². The highest BCUT2D eigenvalue weighted by atomic mass is 32.2. The van der Waals surface area contributed by atoms with Crippen molar-refractivity contribution in [1.29, 1.82) is 0 Å². The number of benzene rings is 1. The summed E-state index contributed by atoms with van der Waals surface area (Å²) >= 11 is 2.20. The van der Waals surface area contributed by atoms with E-state index in [1.165, 1.54) is 48.7 Å². The van der Waals surface area contributed by atoms with E-state index in [0.717, 1.165) is 37.5 Å². The van der Waals surface area contributed by atoms with Crippen LogP contribution in [0.25, 0.3) is 0 Å². The summed E-state index contributed by atoms with van der Waals surface area (Å²) in [6, 6.07) is 4.18. The fourth-order valence-corrected chi connectivity index (χ4v) is 9.27.